The van der Waals surface area contributed by atoms with Crippen LogP contribution < -0.4 is 20.3 Å². The van der Waals surface area contributed by atoms with E-state index in [4.69, 9.17) is 9.47 Å². The minimum Gasteiger partial charge on any atom is -0.488 e. The van der Waals surface area contributed by atoms with Crippen molar-refractivity contribution in [1.29, 1.82) is 0 Å². The molecule has 0 radical (unpaired) electrons. The first-order chi connectivity index (χ1) is 15.4. The van der Waals surface area contributed by atoms with Crippen LogP contribution in [0.15, 0.2) is 15.3 Å². The average molecular weight is 513 g/mol. The Labute approximate surface area is 193 Å². The minimum absolute atomic E-state index is 0.0603. The number of hydrogen-bond donors (Lipinski definition) is 2. The molecule has 2 aromatic rings. The lowest BCUT2D eigenvalue weighted by Gasteiger charge is -2.30. The molecule has 2 N–H and O–H groups in total. The highest BCUT2D eigenvalue weighted by Crippen LogP contribution is 2.40. The van der Waals surface area contributed by atoms with Crippen molar-refractivity contribution in [2.24, 2.45) is 0 Å². The standard InChI is InChI=1S/C22H27BrF2N4O3/c1-26-14-4-2-5-15(14)32-16-8-13(23)18(25)19-17(16)20(30)28-21(27-19)31-11-22-6-3-7-29(22)10-12(24)9-22/h8,12,14-15,26H,2-7,9-11H2,1H3,(H,27,28,30)/t12-,14+,15?,22+/m1/s1. The van der Waals surface area contributed by atoms with Gasteiger partial charge in [-0.05, 0) is 67.7 Å². The monoisotopic (exact) mass is 512 g/mol. The van der Waals surface area contributed by atoms with Crippen molar-refractivity contribution in [3.8, 4) is 11.8 Å². The lowest BCUT2D eigenvalue weighted by atomic mass is 9.95. The fourth-order valence-corrected chi connectivity index (χ4v) is 5.97. The molecule has 0 spiro atoms. The highest BCUT2D eigenvalue weighted by molar-refractivity contribution is 9.10. The summed E-state index contributed by atoms with van der Waals surface area (Å²) in [6.45, 7) is 1.44. The average Bonchev–Trinajstić information content (AvgIpc) is 3.43. The minimum atomic E-state index is -0.882. The first kappa shape index (κ1) is 22.0. The number of ether oxygens (including phenoxy) is 2. The van der Waals surface area contributed by atoms with Crippen molar-refractivity contribution in [1.82, 2.24) is 20.2 Å². The molecule has 3 aliphatic rings. The van der Waals surface area contributed by atoms with Crippen LogP contribution in [0.3, 0.4) is 0 Å². The Bertz CT molecular complexity index is 1080. The number of H-pyrrole nitrogens is 1. The Morgan fingerprint density at radius 3 is 3.06 bits per heavy atom. The molecule has 2 aliphatic heterocycles. The smallest absolute Gasteiger partial charge is 0.297 e. The third-order valence-electron chi connectivity index (χ3n) is 7.16. The van der Waals surface area contributed by atoms with Gasteiger partial charge in [-0.2, -0.15) is 4.98 Å². The molecule has 2 saturated heterocycles. The molecule has 0 amide bonds. The summed E-state index contributed by atoms with van der Waals surface area (Å²) < 4.78 is 41.1. The molecule has 1 unspecified atom stereocenters. The highest BCUT2D eigenvalue weighted by Gasteiger charge is 2.49. The van der Waals surface area contributed by atoms with Crippen LogP contribution in [0.4, 0.5) is 8.78 Å². The van der Waals surface area contributed by atoms with E-state index in [1.54, 1.807) is 0 Å². The summed E-state index contributed by atoms with van der Waals surface area (Å²) in [7, 11) is 1.88. The van der Waals surface area contributed by atoms with E-state index >= 15 is 0 Å². The molecule has 1 saturated carbocycles. The predicted molar refractivity (Wildman–Crippen MR) is 120 cm³/mol. The molecule has 3 fully saturated rings. The van der Waals surface area contributed by atoms with E-state index in [2.05, 4.69) is 36.1 Å². The third-order valence-corrected chi connectivity index (χ3v) is 7.74. The van der Waals surface area contributed by atoms with Gasteiger partial charge in [-0.1, -0.05) is 0 Å². The number of alkyl halides is 1. The molecular weight excluding hydrogens is 486 g/mol. The molecule has 1 aromatic heterocycles. The van der Waals surface area contributed by atoms with E-state index in [-0.39, 0.29) is 51.4 Å². The quantitative estimate of drug-likeness (QED) is 0.618. The molecule has 0 bridgehead atoms. The number of nitrogens with zero attached hydrogens (tertiary/aromatic N) is 2. The van der Waals surface area contributed by atoms with Gasteiger partial charge in [0.2, 0.25) is 0 Å². The Hall–Kier alpha value is -1.78. The first-order valence-electron chi connectivity index (χ1n) is 11.2. The number of fused-ring (bicyclic) bond motifs is 2. The van der Waals surface area contributed by atoms with E-state index in [0.717, 1.165) is 38.6 Å². The SMILES string of the molecule is CN[C@H]1CCCC1Oc1cc(Br)c(F)c2nc(OC[C@@]34CCCN3C[C@H](F)C4)[nH]c(=O)c12. The highest BCUT2D eigenvalue weighted by atomic mass is 79.9. The molecule has 32 heavy (non-hydrogen) atoms. The summed E-state index contributed by atoms with van der Waals surface area (Å²) in [6.07, 6.45) is 4.06. The van der Waals surface area contributed by atoms with Gasteiger partial charge in [0.1, 0.15) is 35.5 Å². The maximum Gasteiger partial charge on any atom is 0.297 e. The zero-order valence-corrected chi connectivity index (χ0v) is 19.5. The summed E-state index contributed by atoms with van der Waals surface area (Å²) in [6, 6.07) is 1.58. The van der Waals surface area contributed by atoms with Crippen LogP contribution in [-0.4, -0.2) is 65.5 Å². The molecule has 1 aromatic carbocycles. The molecule has 7 nitrogen and oxygen atoms in total. The van der Waals surface area contributed by atoms with Gasteiger partial charge in [-0.15, -0.1) is 0 Å². The van der Waals surface area contributed by atoms with E-state index in [1.165, 1.54) is 6.07 Å². The van der Waals surface area contributed by atoms with Crippen LogP contribution >= 0.6 is 15.9 Å². The second-order valence-corrected chi connectivity index (χ2v) is 9.97. The van der Waals surface area contributed by atoms with Crippen molar-refractivity contribution in [3.05, 3.63) is 26.7 Å². The fraction of sp³-hybridized carbons (Fsp3) is 0.636. The fourth-order valence-electron chi connectivity index (χ4n) is 5.58. The van der Waals surface area contributed by atoms with E-state index in [1.807, 2.05) is 7.05 Å². The molecule has 10 heteroatoms. The van der Waals surface area contributed by atoms with Crippen LogP contribution in [0.5, 0.6) is 11.8 Å². The van der Waals surface area contributed by atoms with Gasteiger partial charge >= 0.3 is 0 Å². The number of likely N-dealkylation sites (N-methyl/N-ethyl adjacent to an activating group) is 1. The van der Waals surface area contributed by atoms with Gasteiger partial charge in [0.15, 0.2) is 5.82 Å². The summed E-state index contributed by atoms with van der Waals surface area (Å²) >= 11 is 3.22. The zero-order valence-electron chi connectivity index (χ0n) is 17.9. The van der Waals surface area contributed by atoms with Crippen LogP contribution in [0.2, 0.25) is 0 Å². The first-order valence-corrected chi connectivity index (χ1v) is 12.0. The molecule has 174 valence electrons. The number of nitrogens with one attached hydrogen (secondary N) is 2. The van der Waals surface area contributed by atoms with Crippen molar-refractivity contribution >= 4 is 26.8 Å². The maximum absolute atomic E-state index is 15.0. The zero-order chi connectivity index (χ0) is 22.5. The summed E-state index contributed by atoms with van der Waals surface area (Å²) in [5.74, 6) is -0.359. The third kappa shape index (κ3) is 3.80. The number of hydrogen-bond acceptors (Lipinski definition) is 6. The summed E-state index contributed by atoms with van der Waals surface area (Å²) in [5.41, 5.74) is -1.02. The normalized spacial score (nSPS) is 30.2. The molecule has 4 atom stereocenters. The lowest BCUT2D eigenvalue weighted by Crippen LogP contribution is -2.43. The largest absolute Gasteiger partial charge is 0.488 e. The Morgan fingerprint density at radius 2 is 2.25 bits per heavy atom. The van der Waals surface area contributed by atoms with Crippen LogP contribution in [0, 0.1) is 5.82 Å². The summed E-state index contributed by atoms with van der Waals surface area (Å²) in [4.78, 5) is 22.0. The topological polar surface area (TPSA) is 79.5 Å². The number of halogens is 3. The van der Waals surface area contributed by atoms with E-state index in [9.17, 15) is 13.6 Å². The number of aromatic amines is 1. The Kier molecular flexibility index (Phi) is 5.88. The van der Waals surface area contributed by atoms with Crippen molar-refractivity contribution in [2.75, 3.05) is 26.7 Å². The second-order valence-electron chi connectivity index (χ2n) is 9.11. The van der Waals surface area contributed by atoms with Crippen LogP contribution in [0.25, 0.3) is 10.9 Å². The van der Waals surface area contributed by atoms with Gasteiger partial charge in [0, 0.05) is 19.0 Å². The molecule has 1 aliphatic carbocycles. The van der Waals surface area contributed by atoms with Gasteiger partial charge in [-0.25, -0.2) is 8.78 Å². The molecular formula is C22H27BrF2N4O3. The lowest BCUT2D eigenvalue weighted by molar-refractivity contribution is 0.107. The van der Waals surface area contributed by atoms with Gasteiger partial charge in [0.25, 0.3) is 11.6 Å². The summed E-state index contributed by atoms with van der Waals surface area (Å²) in [5, 5.41) is 3.29. The van der Waals surface area contributed by atoms with Gasteiger partial charge in [-0.3, -0.25) is 14.7 Å². The van der Waals surface area contributed by atoms with Crippen molar-refractivity contribution in [3.63, 3.8) is 0 Å². The molecule has 5 rings (SSSR count). The number of aromatic nitrogens is 2. The van der Waals surface area contributed by atoms with Crippen molar-refractivity contribution < 1.29 is 18.3 Å². The van der Waals surface area contributed by atoms with E-state index in [0.29, 0.717) is 13.0 Å². The second kappa shape index (κ2) is 8.53. The maximum atomic E-state index is 15.0. The Morgan fingerprint density at radius 1 is 1.41 bits per heavy atom. The van der Waals surface area contributed by atoms with Gasteiger partial charge in [0.05, 0.1) is 10.0 Å². The Balaban J connectivity index is 1.45. The van der Waals surface area contributed by atoms with Gasteiger partial charge < -0.3 is 14.8 Å². The van der Waals surface area contributed by atoms with E-state index < -0.39 is 17.5 Å². The molecule has 3 heterocycles. The van der Waals surface area contributed by atoms with Crippen LogP contribution in [-0.2, 0) is 0 Å². The number of rotatable bonds is 6. The number of benzene rings is 1. The van der Waals surface area contributed by atoms with Crippen molar-refractivity contribution in [2.45, 2.75) is 62.4 Å². The van der Waals surface area contributed by atoms with Crippen LogP contribution in [0.1, 0.15) is 38.5 Å². The predicted octanol–water partition coefficient (Wildman–Crippen LogP) is 3.30.